The van der Waals surface area contributed by atoms with Crippen LogP contribution in [0.15, 0.2) is 30.3 Å². The third-order valence-corrected chi connectivity index (χ3v) is 2.54. The first-order chi connectivity index (χ1) is 9.17. The van der Waals surface area contributed by atoms with Crippen molar-refractivity contribution in [2.45, 2.75) is 25.8 Å². The van der Waals surface area contributed by atoms with E-state index < -0.39 is 12.0 Å². The molecule has 0 aliphatic carbocycles. The molecule has 0 fully saturated rings. The van der Waals surface area contributed by atoms with Crippen LogP contribution in [0.1, 0.15) is 19.8 Å². The summed E-state index contributed by atoms with van der Waals surface area (Å²) in [6, 6.07) is 8.75. The summed E-state index contributed by atoms with van der Waals surface area (Å²) in [5.41, 5.74) is 0.807. The Morgan fingerprint density at radius 2 is 1.95 bits per heavy atom. The quantitative estimate of drug-likeness (QED) is 0.764. The number of carbonyl (C=O) groups excluding carboxylic acids is 2. The summed E-state index contributed by atoms with van der Waals surface area (Å²) in [5.74, 6) is -0.709. The van der Waals surface area contributed by atoms with E-state index in [4.69, 9.17) is 9.47 Å². The minimum Gasteiger partial charge on any atom is -0.467 e. The molecule has 19 heavy (non-hydrogen) atoms. The number of ether oxygens (including phenoxy) is 2. The highest BCUT2D eigenvalue weighted by Gasteiger charge is 2.20. The predicted octanol–water partition coefficient (Wildman–Crippen LogP) is 1.98. The van der Waals surface area contributed by atoms with Crippen LogP contribution in [0.25, 0.3) is 0 Å². The van der Waals surface area contributed by atoms with Crippen LogP contribution in [0.2, 0.25) is 0 Å². The highest BCUT2D eigenvalue weighted by molar-refractivity contribution is 5.80. The molecule has 1 rings (SSSR count). The van der Waals surface area contributed by atoms with Gasteiger partial charge in [0.2, 0.25) is 0 Å². The van der Waals surface area contributed by atoms with E-state index in [-0.39, 0.29) is 12.4 Å². The smallest absolute Gasteiger partial charge is 0.328 e. The highest BCUT2D eigenvalue weighted by Crippen LogP contribution is 2.11. The van der Waals surface area contributed by atoms with Gasteiger partial charge in [0.25, 0.3) is 0 Å². The summed E-state index contributed by atoms with van der Waals surface area (Å²) in [6.45, 7) is 2.09. The fraction of sp³-hybridized carbons (Fsp3) is 0.429. The molecule has 0 aromatic heterocycles. The second-order valence-electron chi connectivity index (χ2n) is 3.93. The number of carbonyl (C=O) groups is 2. The molecule has 0 radical (unpaired) electrons. The molecular formula is C14H19NO4. The maximum atomic E-state index is 11.6. The van der Waals surface area contributed by atoms with Crippen LogP contribution in [0, 0.1) is 0 Å². The molecule has 0 aliphatic rings. The second-order valence-corrected chi connectivity index (χ2v) is 3.93. The van der Waals surface area contributed by atoms with Crippen LogP contribution in [0.5, 0.6) is 0 Å². The van der Waals surface area contributed by atoms with Crippen molar-refractivity contribution >= 4 is 17.6 Å². The molecule has 0 saturated carbocycles. The lowest BCUT2D eigenvalue weighted by molar-refractivity contribution is -0.144. The van der Waals surface area contributed by atoms with Crippen LogP contribution in [0.3, 0.4) is 0 Å². The van der Waals surface area contributed by atoms with Gasteiger partial charge in [-0.05, 0) is 25.5 Å². The summed E-state index contributed by atoms with van der Waals surface area (Å²) in [4.78, 5) is 23.0. The summed E-state index contributed by atoms with van der Waals surface area (Å²) in [6.07, 6.45) is 0.508. The number of anilines is 1. The van der Waals surface area contributed by atoms with E-state index in [1.807, 2.05) is 30.3 Å². The fourth-order valence-corrected chi connectivity index (χ4v) is 1.62. The Balaban J connectivity index is 2.57. The molecule has 0 unspecified atom stereocenters. The minimum absolute atomic E-state index is 0.174. The lowest BCUT2D eigenvalue weighted by atomic mass is 10.1. The van der Waals surface area contributed by atoms with Crippen molar-refractivity contribution in [3.05, 3.63) is 30.3 Å². The van der Waals surface area contributed by atoms with Crippen molar-refractivity contribution in [1.82, 2.24) is 0 Å². The average molecular weight is 265 g/mol. The lowest BCUT2D eigenvalue weighted by Gasteiger charge is -2.17. The van der Waals surface area contributed by atoms with Crippen molar-refractivity contribution in [1.29, 1.82) is 0 Å². The SMILES string of the molecule is CCOC(=O)CC[C@H](Nc1ccccc1)C(=O)OC. The highest BCUT2D eigenvalue weighted by atomic mass is 16.5. The first-order valence-corrected chi connectivity index (χ1v) is 6.22. The molecule has 1 N–H and O–H groups in total. The van der Waals surface area contributed by atoms with Gasteiger partial charge < -0.3 is 14.8 Å². The van der Waals surface area contributed by atoms with E-state index in [2.05, 4.69) is 5.32 Å². The van der Waals surface area contributed by atoms with E-state index in [9.17, 15) is 9.59 Å². The Morgan fingerprint density at radius 1 is 1.26 bits per heavy atom. The Kier molecular flexibility index (Phi) is 6.43. The number of methoxy groups -OCH3 is 1. The third kappa shape index (κ3) is 5.42. The van der Waals surface area contributed by atoms with Crippen molar-refractivity contribution in [2.75, 3.05) is 19.0 Å². The minimum atomic E-state index is -0.559. The van der Waals surface area contributed by atoms with Gasteiger partial charge in [0.1, 0.15) is 6.04 Å². The van der Waals surface area contributed by atoms with E-state index in [1.54, 1.807) is 6.92 Å². The zero-order chi connectivity index (χ0) is 14.1. The monoisotopic (exact) mass is 265 g/mol. The number of hydrogen-bond acceptors (Lipinski definition) is 5. The molecular weight excluding hydrogens is 246 g/mol. The number of para-hydroxylation sites is 1. The van der Waals surface area contributed by atoms with Gasteiger partial charge in [0.05, 0.1) is 13.7 Å². The largest absolute Gasteiger partial charge is 0.467 e. The van der Waals surface area contributed by atoms with E-state index in [0.29, 0.717) is 13.0 Å². The zero-order valence-corrected chi connectivity index (χ0v) is 11.2. The van der Waals surface area contributed by atoms with Crippen molar-refractivity contribution in [3.63, 3.8) is 0 Å². The normalized spacial score (nSPS) is 11.5. The maximum Gasteiger partial charge on any atom is 0.328 e. The van der Waals surface area contributed by atoms with Crippen LogP contribution in [-0.2, 0) is 19.1 Å². The van der Waals surface area contributed by atoms with Crippen molar-refractivity contribution in [3.8, 4) is 0 Å². The number of nitrogens with one attached hydrogen (secondary N) is 1. The Labute approximate surface area is 112 Å². The summed E-state index contributed by atoms with van der Waals surface area (Å²) in [5, 5.41) is 3.04. The summed E-state index contributed by atoms with van der Waals surface area (Å²) in [7, 11) is 1.33. The van der Waals surface area contributed by atoms with E-state index in [1.165, 1.54) is 7.11 Å². The van der Waals surface area contributed by atoms with Gasteiger partial charge >= 0.3 is 11.9 Å². The molecule has 1 atom stereocenters. The number of benzene rings is 1. The molecule has 0 bridgehead atoms. The zero-order valence-electron chi connectivity index (χ0n) is 11.2. The van der Waals surface area contributed by atoms with Gasteiger partial charge in [-0.1, -0.05) is 18.2 Å². The number of hydrogen-bond donors (Lipinski definition) is 1. The molecule has 5 nitrogen and oxygen atoms in total. The van der Waals surface area contributed by atoms with Crippen LogP contribution in [-0.4, -0.2) is 31.7 Å². The molecule has 0 spiro atoms. The first kappa shape index (κ1) is 15.0. The Morgan fingerprint density at radius 3 is 2.53 bits per heavy atom. The van der Waals surface area contributed by atoms with Gasteiger partial charge in [0, 0.05) is 12.1 Å². The predicted molar refractivity (Wildman–Crippen MR) is 71.7 cm³/mol. The van der Waals surface area contributed by atoms with Crippen molar-refractivity contribution in [2.24, 2.45) is 0 Å². The van der Waals surface area contributed by atoms with E-state index in [0.717, 1.165) is 5.69 Å². The maximum absolute atomic E-state index is 11.6. The topological polar surface area (TPSA) is 64.6 Å². The first-order valence-electron chi connectivity index (χ1n) is 6.22. The van der Waals surface area contributed by atoms with Gasteiger partial charge in [-0.2, -0.15) is 0 Å². The Bertz CT molecular complexity index is 405. The van der Waals surface area contributed by atoms with Gasteiger partial charge in [0.15, 0.2) is 0 Å². The van der Waals surface area contributed by atoms with Crippen molar-refractivity contribution < 1.29 is 19.1 Å². The Hall–Kier alpha value is -2.04. The number of rotatable bonds is 7. The van der Waals surface area contributed by atoms with Crippen LogP contribution < -0.4 is 5.32 Å². The molecule has 0 saturated heterocycles. The molecule has 0 aliphatic heterocycles. The molecule has 5 heteroatoms. The summed E-state index contributed by atoms with van der Waals surface area (Å²) >= 11 is 0. The molecule has 104 valence electrons. The van der Waals surface area contributed by atoms with Gasteiger partial charge in [-0.15, -0.1) is 0 Å². The van der Waals surface area contributed by atoms with Crippen LogP contribution in [0.4, 0.5) is 5.69 Å². The molecule has 0 amide bonds. The average Bonchev–Trinajstić information content (AvgIpc) is 2.44. The molecule has 1 aromatic rings. The van der Waals surface area contributed by atoms with Gasteiger partial charge in [-0.3, -0.25) is 4.79 Å². The fourth-order valence-electron chi connectivity index (χ4n) is 1.62. The van der Waals surface area contributed by atoms with Gasteiger partial charge in [-0.25, -0.2) is 4.79 Å². The lowest BCUT2D eigenvalue weighted by Crippen LogP contribution is -2.31. The molecule has 1 aromatic carbocycles. The standard InChI is InChI=1S/C14H19NO4/c1-3-19-13(16)10-9-12(14(17)18-2)15-11-7-5-4-6-8-11/h4-8,12,15H,3,9-10H2,1-2H3/t12-/m0/s1. The van der Waals surface area contributed by atoms with E-state index >= 15 is 0 Å². The van der Waals surface area contributed by atoms with Crippen LogP contribution >= 0.6 is 0 Å². The molecule has 0 heterocycles. The third-order valence-electron chi connectivity index (χ3n) is 2.54. The number of esters is 2. The second kappa shape index (κ2) is 8.13. The summed E-state index contributed by atoms with van der Waals surface area (Å²) < 4.78 is 9.56.